The minimum absolute atomic E-state index is 0.0519. The van der Waals surface area contributed by atoms with Crippen molar-refractivity contribution in [3.8, 4) is 0 Å². The number of carbonyl (C=O) groups excluding carboxylic acids is 4. The molecule has 0 amide bonds. The largest absolute Gasteiger partial charge is 0.465 e. The fourth-order valence-corrected chi connectivity index (χ4v) is 11.2. The number of aliphatic hydroxyl groups excluding tert-OH is 1. The molecule has 1 saturated heterocycles. The highest BCUT2D eigenvalue weighted by Gasteiger charge is 2.88. The van der Waals surface area contributed by atoms with E-state index in [9.17, 15) is 24.3 Å². The smallest absolute Gasteiger partial charge is 0.303 e. The van der Waals surface area contributed by atoms with Crippen molar-refractivity contribution in [1.29, 1.82) is 0 Å². The van der Waals surface area contributed by atoms with Gasteiger partial charge in [0.2, 0.25) is 0 Å². The van der Waals surface area contributed by atoms with Crippen LogP contribution in [0.2, 0.25) is 0 Å². The summed E-state index contributed by atoms with van der Waals surface area (Å²) in [6, 6.07) is 0. The Morgan fingerprint density at radius 3 is 2.30 bits per heavy atom. The summed E-state index contributed by atoms with van der Waals surface area (Å²) in [4.78, 5) is 49.3. The molecule has 0 aromatic carbocycles. The highest BCUT2D eigenvalue weighted by Crippen LogP contribution is 2.77. The molecule has 0 aromatic heterocycles. The average molecular weight is 619 g/mol. The van der Waals surface area contributed by atoms with Gasteiger partial charge in [0.05, 0.1) is 6.10 Å². The maximum absolute atomic E-state index is 12.6. The number of aliphatic hydroxyl groups is 1. The van der Waals surface area contributed by atoms with Crippen molar-refractivity contribution < 1.29 is 43.2 Å². The maximum atomic E-state index is 12.6. The fourth-order valence-electron chi connectivity index (χ4n) is 11.2. The number of hydrogen-bond donors (Lipinski definition) is 1. The molecule has 1 heterocycles. The van der Waals surface area contributed by atoms with Gasteiger partial charge in [-0.15, -0.1) is 0 Å². The SMILES string of the molecule is CC(=O)OCC12CCC3C(CCC4CC(=O)CCC43C)C1CC(O)C21OC1(C)C(OC(C)=O)C(C)C(C)C(C)(C)OC(C)=O. The van der Waals surface area contributed by atoms with Crippen LogP contribution < -0.4 is 0 Å². The number of hydrogen-bond acceptors (Lipinski definition) is 9. The second-order valence-electron chi connectivity index (χ2n) is 15.9. The minimum Gasteiger partial charge on any atom is -0.465 e. The lowest BCUT2D eigenvalue weighted by atomic mass is 9.44. The molecule has 1 spiro atoms. The average Bonchev–Trinajstić information content (AvgIpc) is 3.49. The van der Waals surface area contributed by atoms with Crippen molar-refractivity contribution in [2.24, 2.45) is 46.3 Å². The van der Waals surface area contributed by atoms with E-state index in [1.807, 2.05) is 34.6 Å². The van der Waals surface area contributed by atoms with E-state index in [4.69, 9.17) is 18.9 Å². The molecular formula is C35H54O9. The van der Waals surface area contributed by atoms with E-state index >= 15 is 0 Å². The number of ketones is 1. The second kappa shape index (κ2) is 11.1. The standard InChI is InChI=1S/C35H54O9/c1-19(20(2)31(6,7)43-23(5)38)30(42-22(4)37)33(9)35(44-33)29(40)17-28-26-11-10-24-16-25(39)12-14-32(24,8)27(26)13-15-34(28,35)18-41-21(3)36/h19-20,24,26-30,40H,10-18H2,1-9H3. The van der Waals surface area contributed by atoms with Gasteiger partial charge in [-0.25, -0.2) is 0 Å². The number of carbonyl (C=O) groups is 4. The van der Waals surface area contributed by atoms with E-state index in [-0.39, 0.29) is 41.7 Å². The molecule has 5 fully saturated rings. The summed E-state index contributed by atoms with van der Waals surface area (Å²) in [5.41, 5.74) is -3.56. The highest BCUT2D eigenvalue weighted by molar-refractivity contribution is 5.79. The van der Waals surface area contributed by atoms with Crippen LogP contribution in [-0.2, 0) is 38.1 Å². The number of fused-ring (bicyclic) bond motifs is 6. The van der Waals surface area contributed by atoms with Crippen molar-refractivity contribution in [2.45, 2.75) is 143 Å². The maximum Gasteiger partial charge on any atom is 0.303 e. The molecule has 1 aliphatic heterocycles. The van der Waals surface area contributed by atoms with Crippen LogP contribution in [0.5, 0.6) is 0 Å². The van der Waals surface area contributed by atoms with E-state index in [0.29, 0.717) is 49.2 Å². The van der Waals surface area contributed by atoms with Crippen LogP contribution in [-0.4, -0.2) is 64.4 Å². The summed E-state index contributed by atoms with van der Waals surface area (Å²) in [5, 5.41) is 12.1. The zero-order valence-corrected chi connectivity index (χ0v) is 28.2. The normalized spacial score (nSPS) is 43.1. The first-order chi connectivity index (χ1) is 20.4. The predicted octanol–water partition coefficient (Wildman–Crippen LogP) is 5.19. The highest BCUT2D eigenvalue weighted by atomic mass is 16.7. The Morgan fingerprint density at radius 1 is 1.00 bits per heavy atom. The number of epoxide rings is 1. The zero-order chi connectivity index (χ0) is 32.6. The Balaban J connectivity index is 1.53. The van der Waals surface area contributed by atoms with Crippen LogP contribution in [0.3, 0.4) is 0 Å². The summed E-state index contributed by atoms with van der Waals surface area (Å²) in [5.74, 6) is -0.199. The first-order valence-electron chi connectivity index (χ1n) is 16.8. The summed E-state index contributed by atoms with van der Waals surface area (Å²) in [7, 11) is 0. The summed E-state index contributed by atoms with van der Waals surface area (Å²) < 4.78 is 24.5. The third-order valence-electron chi connectivity index (χ3n) is 13.6. The van der Waals surface area contributed by atoms with Crippen LogP contribution in [0.4, 0.5) is 0 Å². The van der Waals surface area contributed by atoms with E-state index in [1.165, 1.54) is 20.8 Å². The van der Waals surface area contributed by atoms with Crippen molar-refractivity contribution in [1.82, 2.24) is 0 Å². The first kappa shape index (κ1) is 33.4. The van der Waals surface area contributed by atoms with Crippen LogP contribution in [0.25, 0.3) is 0 Å². The summed E-state index contributed by atoms with van der Waals surface area (Å²) in [6.07, 6.45) is 4.72. The molecule has 0 aromatic rings. The Bertz CT molecular complexity index is 1200. The summed E-state index contributed by atoms with van der Waals surface area (Å²) >= 11 is 0. The second-order valence-corrected chi connectivity index (χ2v) is 15.9. The van der Waals surface area contributed by atoms with Crippen LogP contribution >= 0.6 is 0 Å². The third-order valence-corrected chi connectivity index (χ3v) is 13.6. The van der Waals surface area contributed by atoms with Crippen molar-refractivity contribution in [3.63, 3.8) is 0 Å². The van der Waals surface area contributed by atoms with Gasteiger partial charge in [0.15, 0.2) is 0 Å². The predicted molar refractivity (Wildman–Crippen MR) is 161 cm³/mol. The van der Waals surface area contributed by atoms with Gasteiger partial charge >= 0.3 is 17.9 Å². The van der Waals surface area contributed by atoms with Gasteiger partial charge in [-0.05, 0) is 88.4 Å². The van der Waals surface area contributed by atoms with Gasteiger partial charge in [-0.3, -0.25) is 19.2 Å². The molecule has 9 nitrogen and oxygen atoms in total. The lowest BCUT2D eigenvalue weighted by Crippen LogP contribution is -2.60. The Morgan fingerprint density at radius 2 is 1.68 bits per heavy atom. The molecule has 0 bridgehead atoms. The monoisotopic (exact) mass is 618 g/mol. The molecule has 4 saturated carbocycles. The molecule has 1 N–H and O–H groups in total. The van der Waals surface area contributed by atoms with Gasteiger partial charge in [0, 0.05) is 50.9 Å². The van der Waals surface area contributed by atoms with Gasteiger partial charge in [-0.1, -0.05) is 20.8 Å². The molecule has 248 valence electrons. The van der Waals surface area contributed by atoms with Crippen LogP contribution in [0, 0.1) is 46.3 Å². The van der Waals surface area contributed by atoms with Crippen molar-refractivity contribution >= 4 is 23.7 Å². The van der Waals surface area contributed by atoms with Gasteiger partial charge < -0.3 is 24.1 Å². The lowest BCUT2D eigenvalue weighted by Gasteiger charge is -2.60. The number of Topliss-reactive ketones (excluding diaryl/α,β-unsaturated/α-hetero) is 1. The first-order valence-corrected chi connectivity index (χ1v) is 16.8. The Labute approximate surface area is 262 Å². The Hall–Kier alpha value is -2.00. The van der Waals surface area contributed by atoms with Gasteiger partial charge in [-0.2, -0.15) is 0 Å². The van der Waals surface area contributed by atoms with Crippen LogP contribution in [0.1, 0.15) is 114 Å². The lowest BCUT2D eigenvalue weighted by molar-refractivity contribution is -0.170. The fraction of sp³-hybridized carbons (Fsp3) is 0.886. The molecule has 12 atom stereocenters. The van der Waals surface area contributed by atoms with Gasteiger partial charge in [0.1, 0.15) is 35.3 Å². The van der Waals surface area contributed by atoms with Gasteiger partial charge in [0.25, 0.3) is 0 Å². The number of rotatable bonds is 8. The topological polar surface area (TPSA) is 129 Å². The number of esters is 3. The molecule has 44 heavy (non-hydrogen) atoms. The third kappa shape index (κ3) is 4.85. The molecule has 5 aliphatic rings. The molecular weight excluding hydrogens is 564 g/mol. The molecule has 9 heteroatoms. The zero-order valence-electron chi connectivity index (χ0n) is 28.2. The van der Waals surface area contributed by atoms with E-state index in [0.717, 1.165) is 25.7 Å². The molecule has 12 unspecified atom stereocenters. The van der Waals surface area contributed by atoms with E-state index < -0.39 is 40.4 Å². The molecule has 0 radical (unpaired) electrons. The minimum atomic E-state index is -1.08. The van der Waals surface area contributed by atoms with E-state index in [1.54, 1.807) is 0 Å². The Kier molecular flexibility index (Phi) is 8.39. The number of ether oxygens (including phenoxy) is 4. The molecule has 4 aliphatic carbocycles. The molecule has 5 rings (SSSR count). The van der Waals surface area contributed by atoms with Crippen molar-refractivity contribution in [3.05, 3.63) is 0 Å². The van der Waals surface area contributed by atoms with Crippen LogP contribution in [0.15, 0.2) is 0 Å². The summed E-state index contributed by atoms with van der Waals surface area (Å²) in [6.45, 7) is 16.3. The quantitative estimate of drug-likeness (QED) is 0.222. The van der Waals surface area contributed by atoms with E-state index in [2.05, 4.69) is 6.92 Å². The van der Waals surface area contributed by atoms with Crippen molar-refractivity contribution in [2.75, 3.05) is 6.61 Å².